The molecule has 2 aromatic heterocycles. The van der Waals surface area contributed by atoms with Crippen LogP contribution in [0.25, 0.3) is 0 Å². The largest absolute Gasteiger partial charge is 0.452 e. The first kappa shape index (κ1) is 10.9. The van der Waals surface area contributed by atoms with Crippen molar-refractivity contribution in [3.8, 4) is 0 Å². The molecule has 6 heteroatoms. The lowest BCUT2D eigenvalue weighted by Gasteiger charge is -2.01. The Morgan fingerprint density at radius 3 is 3.00 bits per heavy atom. The van der Waals surface area contributed by atoms with Crippen molar-refractivity contribution in [2.75, 3.05) is 0 Å². The Balaban J connectivity index is 2.32. The van der Waals surface area contributed by atoms with Gasteiger partial charge in [0.25, 0.3) is 5.56 Å². The van der Waals surface area contributed by atoms with E-state index in [2.05, 4.69) is 20.9 Å². The van der Waals surface area contributed by atoms with Crippen molar-refractivity contribution in [2.45, 2.75) is 6.54 Å². The van der Waals surface area contributed by atoms with E-state index in [1.165, 1.54) is 17.1 Å². The summed E-state index contributed by atoms with van der Waals surface area (Å²) in [7, 11) is 0. The van der Waals surface area contributed by atoms with Gasteiger partial charge in [-0.1, -0.05) is 0 Å². The van der Waals surface area contributed by atoms with Crippen molar-refractivity contribution in [3.05, 3.63) is 49.0 Å². The summed E-state index contributed by atoms with van der Waals surface area (Å²) in [6, 6.07) is 3.61. The molecule has 0 unspecified atom stereocenters. The zero-order chi connectivity index (χ0) is 10.8. The van der Waals surface area contributed by atoms with Crippen LogP contribution < -0.4 is 5.56 Å². The molecular weight excluding hydrogens is 375 g/mol. The third-order valence-electron chi connectivity index (χ3n) is 1.81. The van der Waals surface area contributed by atoms with Gasteiger partial charge in [0.2, 0.25) is 0 Å². The fraction of sp³-hybridized carbons (Fsp3) is 0.111. The van der Waals surface area contributed by atoms with Crippen LogP contribution in [0, 0.1) is 3.57 Å². The average Bonchev–Trinajstić information content (AvgIpc) is 2.59. The topological polar surface area (TPSA) is 48.0 Å². The zero-order valence-corrected chi connectivity index (χ0v) is 11.2. The van der Waals surface area contributed by atoms with E-state index in [1.54, 1.807) is 6.07 Å². The lowest BCUT2D eigenvalue weighted by Crippen LogP contribution is -2.22. The van der Waals surface area contributed by atoms with Crippen molar-refractivity contribution in [2.24, 2.45) is 0 Å². The summed E-state index contributed by atoms with van der Waals surface area (Å²) in [5.41, 5.74) is -0.0573. The molecule has 4 nitrogen and oxygen atoms in total. The maximum atomic E-state index is 11.6. The molecule has 2 aromatic rings. The SMILES string of the molecule is O=c1c(I)cncn1Cc1ccc(Br)o1. The summed E-state index contributed by atoms with van der Waals surface area (Å²) in [5, 5.41) is 0. The summed E-state index contributed by atoms with van der Waals surface area (Å²) >= 11 is 5.17. The van der Waals surface area contributed by atoms with Crippen molar-refractivity contribution in [1.29, 1.82) is 0 Å². The summed E-state index contributed by atoms with van der Waals surface area (Å²) in [4.78, 5) is 15.6. The number of aromatic nitrogens is 2. The average molecular weight is 381 g/mol. The Morgan fingerprint density at radius 1 is 1.53 bits per heavy atom. The molecule has 0 spiro atoms. The highest BCUT2D eigenvalue weighted by Gasteiger charge is 2.04. The Bertz CT molecular complexity index is 535. The van der Waals surface area contributed by atoms with Crippen LogP contribution in [0.5, 0.6) is 0 Å². The summed E-state index contributed by atoms with van der Waals surface area (Å²) in [6.45, 7) is 0.397. The van der Waals surface area contributed by atoms with Crippen LogP contribution in [-0.4, -0.2) is 9.55 Å². The molecule has 0 aliphatic rings. The molecule has 0 atom stereocenters. The molecule has 0 N–H and O–H groups in total. The molecule has 0 saturated heterocycles. The third-order valence-corrected chi connectivity index (χ3v) is 2.98. The monoisotopic (exact) mass is 380 g/mol. The van der Waals surface area contributed by atoms with Gasteiger partial charge in [-0.2, -0.15) is 0 Å². The molecule has 15 heavy (non-hydrogen) atoms. The molecule has 2 heterocycles. The molecule has 0 aromatic carbocycles. The molecule has 0 fully saturated rings. The van der Waals surface area contributed by atoms with Gasteiger partial charge in [-0.3, -0.25) is 9.36 Å². The van der Waals surface area contributed by atoms with Gasteiger partial charge in [0.15, 0.2) is 4.67 Å². The normalized spacial score (nSPS) is 10.5. The van der Waals surface area contributed by atoms with Gasteiger partial charge in [0, 0.05) is 6.20 Å². The predicted molar refractivity (Wildman–Crippen MR) is 66.7 cm³/mol. The van der Waals surface area contributed by atoms with E-state index in [0.29, 0.717) is 20.5 Å². The first-order valence-corrected chi connectivity index (χ1v) is 5.98. The smallest absolute Gasteiger partial charge is 0.267 e. The van der Waals surface area contributed by atoms with Crippen molar-refractivity contribution in [1.82, 2.24) is 9.55 Å². The van der Waals surface area contributed by atoms with Gasteiger partial charge >= 0.3 is 0 Å². The van der Waals surface area contributed by atoms with E-state index < -0.39 is 0 Å². The maximum absolute atomic E-state index is 11.6. The second-order valence-corrected chi connectivity index (χ2v) is 4.82. The molecule has 0 amide bonds. The molecule has 0 radical (unpaired) electrons. The number of nitrogens with zero attached hydrogens (tertiary/aromatic N) is 2. The number of halogens is 2. The Hall–Kier alpha value is -0.630. The van der Waals surface area contributed by atoms with Gasteiger partial charge in [0.1, 0.15) is 5.76 Å². The quantitative estimate of drug-likeness (QED) is 0.751. The molecule has 0 aliphatic heterocycles. The van der Waals surface area contributed by atoms with E-state index in [0.717, 1.165) is 0 Å². The molecule has 0 bridgehead atoms. The van der Waals surface area contributed by atoms with Crippen LogP contribution in [0.1, 0.15) is 5.76 Å². The summed E-state index contributed by atoms with van der Waals surface area (Å²) < 4.78 is 8.07. The lowest BCUT2D eigenvalue weighted by atomic mass is 10.4. The second kappa shape index (κ2) is 4.48. The number of hydrogen-bond donors (Lipinski definition) is 0. The van der Waals surface area contributed by atoms with Gasteiger partial charge in [-0.05, 0) is 50.7 Å². The molecule has 0 aliphatic carbocycles. The second-order valence-electron chi connectivity index (χ2n) is 2.88. The summed E-state index contributed by atoms with van der Waals surface area (Å²) in [6.07, 6.45) is 3.04. The van der Waals surface area contributed by atoms with E-state index in [9.17, 15) is 4.79 Å². The van der Waals surface area contributed by atoms with Crippen LogP contribution in [0.15, 0.2) is 38.5 Å². The molecular formula is C9H6BrIN2O2. The molecule has 0 saturated carbocycles. The third kappa shape index (κ3) is 2.49. The van der Waals surface area contributed by atoms with Crippen molar-refractivity contribution in [3.63, 3.8) is 0 Å². The van der Waals surface area contributed by atoms with Gasteiger partial charge in [-0.15, -0.1) is 0 Å². The van der Waals surface area contributed by atoms with Crippen LogP contribution in [-0.2, 0) is 6.54 Å². The minimum absolute atomic E-state index is 0.0573. The lowest BCUT2D eigenvalue weighted by molar-refractivity contribution is 0.469. The number of hydrogen-bond acceptors (Lipinski definition) is 3. The first-order chi connectivity index (χ1) is 7.16. The minimum Gasteiger partial charge on any atom is -0.452 e. The fourth-order valence-corrected chi connectivity index (χ4v) is 1.95. The van der Waals surface area contributed by atoms with Crippen LogP contribution in [0.3, 0.4) is 0 Å². The Labute approximate surface area is 108 Å². The highest BCUT2D eigenvalue weighted by molar-refractivity contribution is 14.1. The van der Waals surface area contributed by atoms with E-state index >= 15 is 0 Å². The zero-order valence-electron chi connectivity index (χ0n) is 7.48. The Morgan fingerprint density at radius 2 is 2.33 bits per heavy atom. The Kier molecular flexibility index (Phi) is 3.25. The molecule has 2 rings (SSSR count). The maximum Gasteiger partial charge on any atom is 0.267 e. The van der Waals surface area contributed by atoms with Crippen LogP contribution in [0.2, 0.25) is 0 Å². The minimum atomic E-state index is -0.0573. The fourth-order valence-electron chi connectivity index (χ4n) is 1.14. The van der Waals surface area contributed by atoms with Crippen molar-refractivity contribution >= 4 is 38.5 Å². The van der Waals surface area contributed by atoms with E-state index in [1.807, 2.05) is 28.7 Å². The molecule has 78 valence electrons. The van der Waals surface area contributed by atoms with E-state index in [-0.39, 0.29) is 5.56 Å². The highest BCUT2D eigenvalue weighted by Crippen LogP contribution is 2.14. The highest BCUT2D eigenvalue weighted by atomic mass is 127. The van der Waals surface area contributed by atoms with Gasteiger partial charge in [0.05, 0.1) is 16.4 Å². The summed E-state index contributed by atoms with van der Waals surface area (Å²) in [5.74, 6) is 0.716. The van der Waals surface area contributed by atoms with Gasteiger partial charge in [-0.25, -0.2) is 4.98 Å². The number of rotatable bonds is 2. The first-order valence-electron chi connectivity index (χ1n) is 4.11. The van der Waals surface area contributed by atoms with Crippen LogP contribution in [0.4, 0.5) is 0 Å². The number of furan rings is 1. The predicted octanol–water partition coefficient (Wildman–Crippen LogP) is 2.25. The van der Waals surface area contributed by atoms with Crippen LogP contribution >= 0.6 is 38.5 Å². The van der Waals surface area contributed by atoms with Crippen molar-refractivity contribution < 1.29 is 4.42 Å². The standard InChI is InChI=1S/C9H6BrIN2O2/c10-8-2-1-6(15-8)4-13-5-12-3-7(11)9(13)14/h1-3,5H,4H2. The van der Waals surface area contributed by atoms with E-state index in [4.69, 9.17) is 4.42 Å². The van der Waals surface area contributed by atoms with Gasteiger partial charge < -0.3 is 4.42 Å².